The first-order valence-electron chi connectivity index (χ1n) is 2.32. The van der Waals surface area contributed by atoms with Gasteiger partial charge in [0.2, 0.25) is 0 Å². The van der Waals surface area contributed by atoms with Gasteiger partial charge in [-0.2, -0.15) is 0 Å². The van der Waals surface area contributed by atoms with Crippen LogP contribution in [0.15, 0.2) is 0 Å². The van der Waals surface area contributed by atoms with Crippen LogP contribution in [0.3, 0.4) is 0 Å². The summed E-state index contributed by atoms with van der Waals surface area (Å²) in [4.78, 5) is 9.55. The van der Waals surface area contributed by atoms with Gasteiger partial charge in [0.15, 0.2) is 5.67 Å². The van der Waals surface area contributed by atoms with Crippen LogP contribution < -0.4 is 0 Å². The molecule has 0 aromatic carbocycles. The average molecular weight is 119 g/mol. The van der Waals surface area contributed by atoms with Gasteiger partial charge in [-0.05, 0) is 0 Å². The van der Waals surface area contributed by atoms with Crippen molar-refractivity contribution in [3.8, 4) is 0 Å². The first-order valence-corrected chi connectivity index (χ1v) is 3.47. The summed E-state index contributed by atoms with van der Waals surface area (Å²) in [5, 5.41) is 9.77. The standard InChI is InChI=1S/C3H9NO2Si/c1-2-3(7)4(5)6/h3H,2H2,1,7H3. The van der Waals surface area contributed by atoms with E-state index in [1.807, 2.05) is 6.92 Å². The predicted octanol–water partition coefficient (Wildman–Crippen LogP) is -0.635. The van der Waals surface area contributed by atoms with Gasteiger partial charge in [0.1, 0.15) is 0 Å². The molecule has 4 heteroatoms. The fraction of sp³-hybridized carbons (Fsp3) is 1.00. The second-order valence-corrected chi connectivity index (χ2v) is 2.88. The number of hydrogen-bond donors (Lipinski definition) is 0. The molecule has 0 heterocycles. The van der Waals surface area contributed by atoms with Crippen molar-refractivity contribution >= 4 is 10.2 Å². The number of hydrogen-bond acceptors (Lipinski definition) is 2. The Hall–Kier alpha value is -0.383. The molecule has 0 aliphatic rings. The molecule has 1 atom stereocenters. The van der Waals surface area contributed by atoms with E-state index in [4.69, 9.17) is 0 Å². The molecule has 0 saturated heterocycles. The fourth-order valence-corrected chi connectivity index (χ4v) is 0.149. The summed E-state index contributed by atoms with van der Waals surface area (Å²) in [6, 6.07) is 0. The van der Waals surface area contributed by atoms with Gasteiger partial charge in [-0.1, -0.05) is 6.92 Å². The van der Waals surface area contributed by atoms with Crippen molar-refractivity contribution in [3.05, 3.63) is 10.1 Å². The summed E-state index contributed by atoms with van der Waals surface area (Å²) < 4.78 is 0. The van der Waals surface area contributed by atoms with E-state index in [2.05, 4.69) is 0 Å². The molecule has 0 aromatic rings. The monoisotopic (exact) mass is 119 g/mol. The topological polar surface area (TPSA) is 43.1 Å². The van der Waals surface area contributed by atoms with E-state index in [1.165, 1.54) is 0 Å². The molecule has 0 N–H and O–H groups in total. The van der Waals surface area contributed by atoms with E-state index in [-0.39, 0.29) is 10.6 Å². The van der Waals surface area contributed by atoms with Crippen LogP contribution in [0.1, 0.15) is 13.3 Å². The smallest absolute Gasteiger partial charge is 0.184 e. The van der Waals surface area contributed by atoms with E-state index in [0.29, 0.717) is 16.7 Å². The second kappa shape index (κ2) is 2.73. The Bertz CT molecular complexity index is 75.3. The maximum absolute atomic E-state index is 9.77. The first kappa shape index (κ1) is 6.62. The highest BCUT2D eigenvalue weighted by Crippen LogP contribution is 1.86. The summed E-state index contributed by atoms with van der Waals surface area (Å²) in [7, 11) is 0.675. The van der Waals surface area contributed by atoms with Crippen molar-refractivity contribution in [2.75, 3.05) is 0 Å². The van der Waals surface area contributed by atoms with Gasteiger partial charge < -0.3 is 0 Å². The van der Waals surface area contributed by atoms with Gasteiger partial charge >= 0.3 is 0 Å². The van der Waals surface area contributed by atoms with Crippen molar-refractivity contribution in [3.63, 3.8) is 0 Å². The third-order valence-electron chi connectivity index (χ3n) is 0.951. The number of rotatable bonds is 2. The van der Waals surface area contributed by atoms with E-state index in [0.717, 1.165) is 0 Å². The van der Waals surface area contributed by atoms with Crippen LogP contribution in [0.25, 0.3) is 0 Å². The maximum atomic E-state index is 9.77. The highest BCUT2D eigenvalue weighted by molar-refractivity contribution is 6.10. The third kappa shape index (κ3) is 2.33. The van der Waals surface area contributed by atoms with E-state index < -0.39 is 0 Å². The van der Waals surface area contributed by atoms with Crippen LogP contribution in [0.2, 0.25) is 0 Å². The molecule has 3 nitrogen and oxygen atoms in total. The molecule has 0 spiro atoms. The lowest BCUT2D eigenvalue weighted by Crippen LogP contribution is -2.17. The predicted molar refractivity (Wildman–Crippen MR) is 31.0 cm³/mol. The van der Waals surface area contributed by atoms with Crippen molar-refractivity contribution in [1.29, 1.82) is 0 Å². The van der Waals surface area contributed by atoms with Gasteiger partial charge in [-0.3, -0.25) is 10.1 Å². The van der Waals surface area contributed by atoms with Crippen molar-refractivity contribution < 1.29 is 4.92 Å². The maximum Gasteiger partial charge on any atom is 0.184 e. The van der Waals surface area contributed by atoms with Gasteiger partial charge in [0.25, 0.3) is 0 Å². The lowest BCUT2D eigenvalue weighted by Gasteiger charge is -1.94. The number of nitrogens with zero attached hydrogens (tertiary/aromatic N) is 1. The summed E-state index contributed by atoms with van der Waals surface area (Å²) in [6.07, 6.45) is 0.680. The van der Waals surface area contributed by atoms with Crippen LogP contribution in [0, 0.1) is 10.1 Å². The van der Waals surface area contributed by atoms with Crippen LogP contribution in [-0.2, 0) is 0 Å². The van der Waals surface area contributed by atoms with Crippen LogP contribution >= 0.6 is 0 Å². The van der Waals surface area contributed by atoms with Gasteiger partial charge in [0.05, 0.1) is 10.2 Å². The molecule has 0 bridgehead atoms. The largest absolute Gasteiger partial charge is 0.265 e. The Morgan fingerprint density at radius 2 is 2.43 bits per heavy atom. The zero-order chi connectivity index (χ0) is 5.86. The lowest BCUT2D eigenvalue weighted by atomic mass is 10.5. The Morgan fingerprint density at radius 1 is 2.00 bits per heavy atom. The zero-order valence-corrected chi connectivity index (χ0v) is 6.55. The van der Waals surface area contributed by atoms with Gasteiger partial charge in [-0.15, -0.1) is 0 Å². The summed E-state index contributed by atoms with van der Waals surface area (Å²) >= 11 is 0. The molecule has 1 unspecified atom stereocenters. The molecule has 0 saturated carbocycles. The molecule has 7 heavy (non-hydrogen) atoms. The molecule has 0 radical (unpaired) electrons. The molecule has 0 aromatic heterocycles. The van der Waals surface area contributed by atoms with Crippen molar-refractivity contribution in [2.24, 2.45) is 0 Å². The third-order valence-corrected chi connectivity index (χ3v) is 2.19. The molecule has 42 valence electrons. The van der Waals surface area contributed by atoms with Crippen LogP contribution in [-0.4, -0.2) is 20.8 Å². The minimum atomic E-state index is -0.236. The Balaban J connectivity index is 3.34. The second-order valence-electron chi connectivity index (χ2n) is 1.54. The molecule has 0 amide bonds. The number of nitro groups is 1. The SMILES string of the molecule is CCC([SiH3])[N+](=O)[O-]. The minimum absolute atomic E-state index is 0.216. The molecular weight excluding hydrogens is 110 g/mol. The Morgan fingerprint density at radius 3 is 2.43 bits per heavy atom. The minimum Gasteiger partial charge on any atom is -0.265 e. The molecular formula is C3H9NO2Si. The summed E-state index contributed by atoms with van der Waals surface area (Å²) in [6.45, 7) is 1.83. The summed E-state index contributed by atoms with van der Waals surface area (Å²) in [5.41, 5.74) is -0.236. The summed E-state index contributed by atoms with van der Waals surface area (Å²) in [5.74, 6) is 0. The highest BCUT2D eigenvalue weighted by atomic mass is 28.1. The normalized spacial score (nSPS) is 13.9. The fourth-order valence-electron chi connectivity index (χ4n) is 0.149. The Labute approximate surface area is 45.3 Å². The highest BCUT2D eigenvalue weighted by Gasteiger charge is 2.05. The molecule has 0 fully saturated rings. The van der Waals surface area contributed by atoms with Crippen LogP contribution in [0.4, 0.5) is 0 Å². The zero-order valence-electron chi connectivity index (χ0n) is 4.55. The Kier molecular flexibility index (Phi) is 2.58. The van der Waals surface area contributed by atoms with E-state index >= 15 is 0 Å². The molecule has 0 rings (SSSR count). The van der Waals surface area contributed by atoms with E-state index in [9.17, 15) is 10.1 Å². The molecule has 0 aliphatic carbocycles. The molecule has 0 aliphatic heterocycles. The van der Waals surface area contributed by atoms with Gasteiger partial charge in [-0.25, -0.2) is 0 Å². The van der Waals surface area contributed by atoms with E-state index in [1.54, 1.807) is 0 Å². The first-order chi connectivity index (χ1) is 3.18. The van der Waals surface area contributed by atoms with Crippen molar-refractivity contribution in [2.45, 2.75) is 19.0 Å². The average Bonchev–Trinajstić information content (AvgIpc) is 1.65. The van der Waals surface area contributed by atoms with Crippen LogP contribution in [0.5, 0.6) is 0 Å². The van der Waals surface area contributed by atoms with Gasteiger partial charge in [0, 0.05) is 11.3 Å². The van der Waals surface area contributed by atoms with Crippen molar-refractivity contribution in [1.82, 2.24) is 0 Å². The quantitative estimate of drug-likeness (QED) is 0.276. The lowest BCUT2D eigenvalue weighted by molar-refractivity contribution is -0.498.